The van der Waals surface area contributed by atoms with Crippen LogP contribution < -0.4 is 10.6 Å². The van der Waals surface area contributed by atoms with Crippen LogP contribution in [0, 0.1) is 19.7 Å². The average molecular weight is 392 g/mol. The quantitative estimate of drug-likeness (QED) is 0.750. The van der Waals surface area contributed by atoms with Crippen molar-refractivity contribution in [3.8, 4) is 0 Å². The first kappa shape index (κ1) is 20.9. The third-order valence-electron chi connectivity index (χ3n) is 4.11. The van der Waals surface area contributed by atoms with Gasteiger partial charge in [0, 0.05) is 16.4 Å². The van der Waals surface area contributed by atoms with Crippen molar-refractivity contribution in [2.45, 2.75) is 20.8 Å². The molecule has 0 unspecified atom stereocenters. The van der Waals surface area contributed by atoms with Gasteiger partial charge in [0.2, 0.25) is 11.8 Å². The van der Waals surface area contributed by atoms with E-state index in [1.54, 1.807) is 36.1 Å². The summed E-state index contributed by atoms with van der Waals surface area (Å²) in [5, 5.41) is 5.99. The van der Waals surface area contributed by atoms with Gasteiger partial charge in [-0.05, 0) is 55.8 Å². The lowest BCUT2D eigenvalue weighted by Gasteiger charge is -2.20. The largest absolute Gasteiger partial charge is 0.325 e. The van der Waals surface area contributed by atoms with Gasteiger partial charge in [0.25, 0.3) is 0 Å². The third-order valence-corrected chi connectivity index (χ3v) is 4.35. The lowest BCUT2D eigenvalue weighted by atomic mass is 10.2. The van der Waals surface area contributed by atoms with E-state index in [1.165, 1.54) is 6.07 Å². The van der Waals surface area contributed by atoms with E-state index in [9.17, 15) is 14.0 Å². The van der Waals surface area contributed by atoms with Crippen LogP contribution >= 0.6 is 11.6 Å². The molecule has 2 N–H and O–H groups in total. The Balaban J connectivity index is 1.91. The predicted molar refractivity (Wildman–Crippen MR) is 107 cm³/mol. The molecule has 0 bridgehead atoms. The van der Waals surface area contributed by atoms with Gasteiger partial charge >= 0.3 is 0 Å². The van der Waals surface area contributed by atoms with E-state index in [0.29, 0.717) is 28.5 Å². The second kappa shape index (κ2) is 9.48. The molecule has 2 rings (SSSR count). The minimum atomic E-state index is -0.378. The highest BCUT2D eigenvalue weighted by molar-refractivity contribution is 6.31. The molecule has 0 saturated heterocycles. The van der Waals surface area contributed by atoms with Crippen LogP contribution in [0.2, 0.25) is 5.02 Å². The summed E-state index contributed by atoms with van der Waals surface area (Å²) in [6.07, 6.45) is 0. The van der Waals surface area contributed by atoms with Crippen LogP contribution in [0.3, 0.4) is 0 Å². The molecule has 0 heterocycles. The van der Waals surface area contributed by atoms with E-state index in [2.05, 4.69) is 10.6 Å². The summed E-state index contributed by atoms with van der Waals surface area (Å²) in [6.45, 7) is 5.97. The number of carbonyl (C=O) groups is 2. The average Bonchev–Trinajstić information content (AvgIpc) is 2.60. The SMILES string of the molecule is CCN(CC(=O)Nc1ccc(C)c(F)c1)CC(=O)Nc1cc(Cl)ccc1C. The van der Waals surface area contributed by atoms with Gasteiger partial charge in [-0.3, -0.25) is 14.5 Å². The summed E-state index contributed by atoms with van der Waals surface area (Å²) < 4.78 is 13.6. The summed E-state index contributed by atoms with van der Waals surface area (Å²) in [5.74, 6) is -0.931. The topological polar surface area (TPSA) is 61.4 Å². The monoisotopic (exact) mass is 391 g/mol. The van der Waals surface area contributed by atoms with Gasteiger partial charge in [-0.15, -0.1) is 0 Å². The van der Waals surface area contributed by atoms with Crippen molar-refractivity contribution in [2.75, 3.05) is 30.3 Å². The van der Waals surface area contributed by atoms with Crippen LogP contribution in [-0.4, -0.2) is 36.3 Å². The molecule has 144 valence electrons. The molecule has 2 amide bonds. The first-order valence-corrected chi connectivity index (χ1v) is 9.00. The van der Waals surface area contributed by atoms with Crippen LogP contribution in [0.5, 0.6) is 0 Å². The molecule has 0 aliphatic rings. The fourth-order valence-electron chi connectivity index (χ4n) is 2.48. The molecule has 7 heteroatoms. The fraction of sp³-hybridized carbons (Fsp3) is 0.300. The maximum absolute atomic E-state index is 13.6. The molecule has 2 aromatic carbocycles. The number of halogens is 2. The van der Waals surface area contributed by atoms with Crippen LogP contribution in [0.15, 0.2) is 36.4 Å². The number of benzene rings is 2. The zero-order chi connectivity index (χ0) is 20.0. The number of nitrogens with zero attached hydrogens (tertiary/aromatic N) is 1. The van der Waals surface area contributed by atoms with Gasteiger partial charge in [0.15, 0.2) is 0 Å². The van der Waals surface area contributed by atoms with Gasteiger partial charge in [-0.2, -0.15) is 0 Å². The Bertz CT molecular complexity index is 842. The Labute approximate surface area is 163 Å². The first-order chi connectivity index (χ1) is 12.8. The molecule has 0 aromatic heterocycles. The Morgan fingerprint density at radius 2 is 1.63 bits per heavy atom. The van der Waals surface area contributed by atoms with E-state index in [1.807, 2.05) is 19.9 Å². The molecule has 0 radical (unpaired) electrons. The van der Waals surface area contributed by atoms with Crippen molar-refractivity contribution in [1.82, 2.24) is 4.90 Å². The maximum atomic E-state index is 13.6. The lowest BCUT2D eigenvalue weighted by Crippen LogP contribution is -2.38. The molecule has 27 heavy (non-hydrogen) atoms. The number of amides is 2. The smallest absolute Gasteiger partial charge is 0.238 e. The van der Waals surface area contributed by atoms with Crippen molar-refractivity contribution in [3.63, 3.8) is 0 Å². The highest BCUT2D eigenvalue weighted by Gasteiger charge is 2.14. The number of likely N-dealkylation sites (N-methyl/N-ethyl adjacent to an activating group) is 1. The Morgan fingerprint density at radius 1 is 1.00 bits per heavy atom. The zero-order valence-electron chi connectivity index (χ0n) is 15.6. The molecular weight excluding hydrogens is 369 g/mol. The highest BCUT2D eigenvalue weighted by atomic mass is 35.5. The minimum Gasteiger partial charge on any atom is -0.325 e. The number of hydrogen-bond donors (Lipinski definition) is 2. The number of anilines is 2. The number of carbonyl (C=O) groups excluding carboxylic acids is 2. The normalized spacial score (nSPS) is 10.7. The summed E-state index contributed by atoms with van der Waals surface area (Å²) >= 11 is 5.96. The maximum Gasteiger partial charge on any atom is 0.238 e. The van der Waals surface area contributed by atoms with E-state index < -0.39 is 0 Å². The van der Waals surface area contributed by atoms with Gasteiger partial charge < -0.3 is 10.6 Å². The van der Waals surface area contributed by atoms with E-state index in [4.69, 9.17) is 11.6 Å². The Morgan fingerprint density at radius 3 is 2.26 bits per heavy atom. The van der Waals surface area contributed by atoms with Crippen molar-refractivity contribution in [3.05, 3.63) is 58.4 Å². The van der Waals surface area contributed by atoms with Crippen molar-refractivity contribution in [2.24, 2.45) is 0 Å². The molecule has 5 nitrogen and oxygen atoms in total. The van der Waals surface area contributed by atoms with E-state index in [0.717, 1.165) is 5.56 Å². The molecule has 0 spiro atoms. The minimum absolute atomic E-state index is 0.0218. The number of aryl methyl sites for hydroxylation is 2. The van der Waals surface area contributed by atoms with E-state index in [-0.39, 0.29) is 30.7 Å². The molecular formula is C20H23ClFN3O2. The third kappa shape index (κ3) is 6.34. The predicted octanol–water partition coefficient (Wildman–Crippen LogP) is 4.00. The van der Waals surface area contributed by atoms with Crippen molar-refractivity contribution in [1.29, 1.82) is 0 Å². The summed E-state index contributed by atoms with van der Waals surface area (Å²) in [6, 6.07) is 9.78. The fourth-order valence-corrected chi connectivity index (χ4v) is 2.65. The number of nitrogens with one attached hydrogen (secondary N) is 2. The molecule has 0 saturated carbocycles. The van der Waals surface area contributed by atoms with Gasteiger partial charge in [-0.1, -0.05) is 30.7 Å². The molecule has 2 aromatic rings. The van der Waals surface area contributed by atoms with Crippen LogP contribution in [0.1, 0.15) is 18.1 Å². The Hall–Kier alpha value is -2.44. The second-order valence-electron chi connectivity index (χ2n) is 6.32. The summed E-state index contributed by atoms with van der Waals surface area (Å²) in [7, 11) is 0. The highest BCUT2D eigenvalue weighted by Crippen LogP contribution is 2.20. The van der Waals surface area contributed by atoms with Gasteiger partial charge in [-0.25, -0.2) is 4.39 Å². The van der Waals surface area contributed by atoms with Crippen molar-refractivity contribution < 1.29 is 14.0 Å². The number of rotatable bonds is 7. The zero-order valence-corrected chi connectivity index (χ0v) is 16.4. The van der Waals surface area contributed by atoms with Gasteiger partial charge in [0.1, 0.15) is 5.82 Å². The van der Waals surface area contributed by atoms with Crippen LogP contribution in [0.4, 0.5) is 15.8 Å². The number of hydrogen-bond acceptors (Lipinski definition) is 3. The molecule has 0 atom stereocenters. The lowest BCUT2D eigenvalue weighted by molar-refractivity contribution is -0.119. The molecule has 0 aliphatic heterocycles. The standard InChI is InChI=1S/C20H23ClFN3O2/c1-4-25(11-19(26)23-16-8-6-13(2)17(22)10-16)12-20(27)24-18-9-15(21)7-5-14(18)3/h5-10H,4,11-12H2,1-3H3,(H,23,26)(H,24,27). The second-order valence-corrected chi connectivity index (χ2v) is 6.76. The van der Waals surface area contributed by atoms with Gasteiger partial charge in [0.05, 0.1) is 13.1 Å². The van der Waals surface area contributed by atoms with Crippen LogP contribution in [-0.2, 0) is 9.59 Å². The molecule has 0 aliphatic carbocycles. The van der Waals surface area contributed by atoms with Crippen molar-refractivity contribution >= 4 is 34.8 Å². The van der Waals surface area contributed by atoms with E-state index >= 15 is 0 Å². The summed E-state index contributed by atoms with van der Waals surface area (Å²) in [5.41, 5.74) is 2.44. The van der Waals surface area contributed by atoms with Crippen LogP contribution in [0.25, 0.3) is 0 Å². The molecule has 0 fully saturated rings. The summed E-state index contributed by atoms with van der Waals surface area (Å²) in [4.78, 5) is 26.2. The first-order valence-electron chi connectivity index (χ1n) is 8.63. The Kier molecular flexibility index (Phi) is 7.33.